The van der Waals surface area contributed by atoms with Crippen LogP contribution in [0.15, 0.2) is 103 Å². The van der Waals surface area contributed by atoms with E-state index in [4.69, 9.17) is 0 Å². The van der Waals surface area contributed by atoms with Crippen LogP contribution in [0.5, 0.6) is 0 Å². The van der Waals surface area contributed by atoms with Crippen LogP contribution in [0.1, 0.15) is 23.6 Å². The first kappa shape index (κ1) is 19.8. The molecule has 0 heterocycles. The van der Waals surface area contributed by atoms with Crippen LogP contribution in [-0.2, 0) is 24.3 Å². The first-order chi connectivity index (χ1) is 13.8. The quantitative estimate of drug-likeness (QED) is 0.468. The van der Waals surface area contributed by atoms with Gasteiger partial charge in [-0.25, -0.2) is 0 Å². The van der Waals surface area contributed by atoms with Crippen molar-refractivity contribution in [3.63, 3.8) is 0 Å². The van der Waals surface area contributed by atoms with Gasteiger partial charge in [0.05, 0.1) is 6.04 Å². The average molecular weight is 370 g/mol. The molecule has 28 heavy (non-hydrogen) atoms. The van der Waals surface area contributed by atoms with Gasteiger partial charge in [-0.15, -0.1) is 0 Å². The van der Waals surface area contributed by atoms with Gasteiger partial charge < -0.3 is 0 Å². The smallest absolute Gasteiger partial charge is 0.172 e. The Morgan fingerprint density at radius 1 is 0.750 bits per heavy atom. The van der Waals surface area contributed by atoms with E-state index in [9.17, 15) is 4.79 Å². The van der Waals surface area contributed by atoms with E-state index in [0.717, 1.165) is 13.1 Å². The molecule has 0 aliphatic heterocycles. The summed E-state index contributed by atoms with van der Waals surface area (Å²) in [5.41, 5.74) is 3.60. The first-order valence-corrected chi connectivity index (χ1v) is 9.78. The van der Waals surface area contributed by atoms with Gasteiger partial charge in [0.2, 0.25) is 0 Å². The van der Waals surface area contributed by atoms with Crippen LogP contribution in [-0.4, -0.2) is 16.7 Å². The van der Waals surface area contributed by atoms with Gasteiger partial charge in [-0.3, -0.25) is 9.69 Å². The predicted molar refractivity (Wildman–Crippen MR) is 116 cm³/mol. The lowest BCUT2D eigenvalue weighted by Gasteiger charge is -2.30. The minimum Gasteiger partial charge on any atom is -0.293 e. The molecule has 0 N–H and O–H groups in total. The number of hydrogen-bond donors (Lipinski definition) is 0. The number of benzene rings is 3. The summed E-state index contributed by atoms with van der Waals surface area (Å²) >= 11 is 0. The zero-order valence-corrected chi connectivity index (χ0v) is 16.4. The Morgan fingerprint density at radius 2 is 1.18 bits per heavy atom. The third-order valence-electron chi connectivity index (χ3n) is 4.83. The summed E-state index contributed by atoms with van der Waals surface area (Å²) in [6, 6.07) is 30.8. The third-order valence-corrected chi connectivity index (χ3v) is 4.83. The van der Waals surface area contributed by atoms with Crippen molar-refractivity contribution >= 4 is 5.78 Å². The Kier molecular flexibility index (Phi) is 7.34. The molecule has 0 bridgehead atoms. The molecule has 0 aliphatic rings. The van der Waals surface area contributed by atoms with Crippen LogP contribution < -0.4 is 0 Å². The van der Waals surface area contributed by atoms with Crippen LogP contribution >= 0.6 is 0 Å². The van der Waals surface area contributed by atoms with Crippen molar-refractivity contribution in [2.24, 2.45) is 0 Å². The maximum Gasteiger partial charge on any atom is 0.172 e. The van der Waals surface area contributed by atoms with E-state index in [0.29, 0.717) is 6.42 Å². The zero-order chi connectivity index (χ0) is 19.6. The maximum absolute atomic E-state index is 13.0. The number of nitrogens with zero attached hydrogens (tertiary/aromatic N) is 1. The lowest BCUT2D eigenvalue weighted by molar-refractivity contribution is -0.120. The molecule has 142 valence electrons. The van der Waals surface area contributed by atoms with E-state index in [1.165, 1.54) is 16.7 Å². The van der Waals surface area contributed by atoms with Crippen LogP contribution in [0, 0.1) is 0 Å². The standard InChI is InChI=1S/C26H27NO/c1-2-12-26(28)25(19-22-13-6-3-7-14-22)27(20-23-15-8-4-9-16-23)21-24-17-10-5-11-18-24/h2-18,25H,19-21H2,1H3/b12-2-/t25-/m0/s1. The second-order valence-electron chi connectivity index (χ2n) is 6.98. The molecule has 0 saturated heterocycles. The molecule has 3 aromatic carbocycles. The summed E-state index contributed by atoms with van der Waals surface area (Å²) in [6.45, 7) is 3.36. The molecule has 0 aliphatic carbocycles. The monoisotopic (exact) mass is 369 g/mol. The largest absolute Gasteiger partial charge is 0.293 e. The fourth-order valence-electron chi connectivity index (χ4n) is 3.43. The van der Waals surface area contributed by atoms with E-state index in [-0.39, 0.29) is 11.8 Å². The lowest BCUT2D eigenvalue weighted by Crippen LogP contribution is -2.41. The molecule has 0 saturated carbocycles. The molecule has 0 fully saturated rings. The molecule has 3 aromatic rings. The number of carbonyl (C=O) groups excluding carboxylic acids is 1. The third kappa shape index (κ3) is 5.77. The van der Waals surface area contributed by atoms with E-state index in [1.54, 1.807) is 6.08 Å². The summed E-state index contributed by atoms with van der Waals surface area (Å²) in [7, 11) is 0. The summed E-state index contributed by atoms with van der Waals surface area (Å²) in [5.74, 6) is 0.151. The Hall–Kier alpha value is -2.97. The topological polar surface area (TPSA) is 20.3 Å². The average Bonchev–Trinajstić information content (AvgIpc) is 2.74. The molecule has 0 amide bonds. The van der Waals surface area contributed by atoms with Crippen molar-refractivity contribution in [1.82, 2.24) is 4.90 Å². The summed E-state index contributed by atoms with van der Waals surface area (Å²) in [6.07, 6.45) is 4.24. The molecule has 3 rings (SSSR count). The number of allylic oxidation sites excluding steroid dienone is 1. The number of rotatable bonds is 9. The molecule has 0 radical (unpaired) electrons. The van der Waals surface area contributed by atoms with Crippen molar-refractivity contribution in [2.45, 2.75) is 32.5 Å². The molecule has 1 atom stereocenters. The highest BCUT2D eigenvalue weighted by molar-refractivity contribution is 5.94. The predicted octanol–water partition coefficient (Wildman–Crippen LogP) is 5.45. The number of hydrogen-bond acceptors (Lipinski definition) is 2. The van der Waals surface area contributed by atoms with Crippen molar-refractivity contribution in [1.29, 1.82) is 0 Å². The highest BCUT2D eigenvalue weighted by Crippen LogP contribution is 2.18. The molecule has 0 aromatic heterocycles. The number of ketones is 1. The fraction of sp³-hybridized carbons (Fsp3) is 0.192. The van der Waals surface area contributed by atoms with Gasteiger partial charge in [0, 0.05) is 13.1 Å². The number of carbonyl (C=O) groups is 1. The molecular formula is C26H27NO. The fourth-order valence-corrected chi connectivity index (χ4v) is 3.43. The van der Waals surface area contributed by atoms with Crippen molar-refractivity contribution in [3.8, 4) is 0 Å². The van der Waals surface area contributed by atoms with Gasteiger partial charge in [-0.2, -0.15) is 0 Å². The van der Waals surface area contributed by atoms with Crippen molar-refractivity contribution in [2.75, 3.05) is 0 Å². The molecule has 0 spiro atoms. The second kappa shape index (κ2) is 10.4. The normalized spacial score (nSPS) is 12.4. The highest BCUT2D eigenvalue weighted by Gasteiger charge is 2.25. The highest BCUT2D eigenvalue weighted by atomic mass is 16.1. The minimum absolute atomic E-state index is 0.151. The van der Waals surface area contributed by atoms with E-state index < -0.39 is 0 Å². The minimum atomic E-state index is -0.209. The van der Waals surface area contributed by atoms with Crippen LogP contribution in [0.3, 0.4) is 0 Å². The van der Waals surface area contributed by atoms with E-state index in [1.807, 2.05) is 43.3 Å². The zero-order valence-electron chi connectivity index (χ0n) is 16.4. The van der Waals surface area contributed by atoms with Gasteiger partial charge in [0.15, 0.2) is 5.78 Å². The Labute approximate surface area is 168 Å². The van der Waals surface area contributed by atoms with Crippen molar-refractivity contribution in [3.05, 3.63) is 120 Å². The SMILES string of the molecule is C/C=C\C(=O)[C@H](Cc1ccccc1)N(Cc1ccccc1)Cc1ccccc1. The van der Waals surface area contributed by atoms with Crippen LogP contribution in [0.2, 0.25) is 0 Å². The molecule has 0 unspecified atom stereocenters. The van der Waals surface area contributed by atoms with Gasteiger partial charge in [0.1, 0.15) is 0 Å². The molecular weight excluding hydrogens is 342 g/mol. The summed E-state index contributed by atoms with van der Waals surface area (Å²) in [4.78, 5) is 15.3. The van der Waals surface area contributed by atoms with Gasteiger partial charge in [0.25, 0.3) is 0 Å². The van der Waals surface area contributed by atoms with Crippen LogP contribution in [0.4, 0.5) is 0 Å². The Balaban J connectivity index is 1.92. The van der Waals surface area contributed by atoms with E-state index in [2.05, 4.69) is 65.6 Å². The van der Waals surface area contributed by atoms with Gasteiger partial charge >= 0.3 is 0 Å². The van der Waals surface area contributed by atoms with Crippen LogP contribution in [0.25, 0.3) is 0 Å². The van der Waals surface area contributed by atoms with Crippen molar-refractivity contribution < 1.29 is 4.79 Å². The van der Waals surface area contributed by atoms with E-state index >= 15 is 0 Å². The van der Waals surface area contributed by atoms with Gasteiger partial charge in [-0.05, 0) is 36.1 Å². The molecule has 2 heteroatoms. The maximum atomic E-state index is 13.0. The van der Waals surface area contributed by atoms with Gasteiger partial charge in [-0.1, -0.05) is 97.1 Å². The Morgan fingerprint density at radius 3 is 1.61 bits per heavy atom. The lowest BCUT2D eigenvalue weighted by atomic mass is 9.98. The Bertz CT molecular complexity index is 831. The first-order valence-electron chi connectivity index (χ1n) is 9.78. The molecule has 2 nitrogen and oxygen atoms in total. The summed E-state index contributed by atoms with van der Waals surface area (Å²) < 4.78 is 0. The second-order valence-corrected chi connectivity index (χ2v) is 6.98. The summed E-state index contributed by atoms with van der Waals surface area (Å²) in [5, 5.41) is 0.